The Labute approximate surface area is 334 Å². The summed E-state index contributed by atoms with van der Waals surface area (Å²) >= 11 is 1.88. The summed E-state index contributed by atoms with van der Waals surface area (Å²) in [5, 5.41) is 5.19. The molecule has 0 saturated carbocycles. The third kappa shape index (κ3) is 5.06. The average Bonchev–Trinajstić information content (AvgIpc) is 3.81. The number of benzene rings is 9. The van der Waals surface area contributed by atoms with Crippen molar-refractivity contribution in [3.8, 4) is 55.9 Å². The molecule has 11 aromatic rings. The van der Waals surface area contributed by atoms with Crippen LogP contribution in [0.5, 0.6) is 0 Å². The lowest BCUT2D eigenvalue weighted by atomic mass is 9.92. The van der Waals surface area contributed by atoms with E-state index in [2.05, 4.69) is 215 Å². The van der Waals surface area contributed by atoms with Crippen molar-refractivity contribution in [2.24, 2.45) is 0 Å². The second-order valence-corrected chi connectivity index (χ2v) is 16.0. The molecule has 266 valence electrons. The molecule has 0 aliphatic carbocycles. The van der Waals surface area contributed by atoms with Gasteiger partial charge in [-0.2, -0.15) is 0 Å². The molecule has 1 aliphatic heterocycles. The standard InChI is InChI=1S/C54H34N2S/c1-3-15-35(16-4-1)40-30-41(36-17-5-2-6-18-36)32-42(31-40)38-20-13-19-37(29-38)39-21-14-22-43(33-39)55-46-25-9-7-23-44(46)52-49(55)34-51-54-53(52)45-24-8-10-26-47(45)56(54)48-27-11-12-28-50(48)57-51/h1-34H. The molecule has 0 spiro atoms. The van der Waals surface area contributed by atoms with Gasteiger partial charge in [-0.1, -0.05) is 151 Å². The summed E-state index contributed by atoms with van der Waals surface area (Å²) in [6, 6.07) is 75.6. The number of para-hydroxylation sites is 3. The quantitative estimate of drug-likeness (QED) is 0.171. The number of rotatable bonds is 5. The molecule has 0 saturated heterocycles. The van der Waals surface area contributed by atoms with Crippen molar-refractivity contribution in [3.63, 3.8) is 0 Å². The van der Waals surface area contributed by atoms with Crippen molar-refractivity contribution in [1.82, 2.24) is 9.13 Å². The number of fused-ring (bicyclic) bond motifs is 9. The van der Waals surface area contributed by atoms with E-state index in [9.17, 15) is 0 Å². The third-order valence-electron chi connectivity index (χ3n) is 11.6. The molecule has 0 N–H and O–H groups in total. The maximum atomic E-state index is 2.49. The van der Waals surface area contributed by atoms with Crippen LogP contribution in [0.2, 0.25) is 0 Å². The van der Waals surface area contributed by atoms with E-state index in [-0.39, 0.29) is 0 Å². The van der Waals surface area contributed by atoms with E-state index < -0.39 is 0 Å². The first-order valence-corrected chi connectivity index (χ1v) is 20.3. The summed E-state index contributed by atoms with van der Waals surface area (Å²) in [5.41, 5.74) is 17.0. The van der Waals surface area contributed by atoms with Gasteiger partial charge in [0.1, 0.15) is 0 Å². The van der Waals surface area contributed by atoms with Gasteiger partial charge in [-0.05, 0) is 111 Å². The van der Waals surface area contributed by atoms with Crippen molar-refractivity contribution in [2.45, 2.75) is 9.79 Å². The summed E-state index contributed by atoms with van der Waals surface area (Å²) in [7, 11) is 0. The average molecular weight is 743 g/mol. The van der Waals surface area contributed by atoms with Crippen LogP contribution in [0, 0.1) is 0 Å². The number of nitrogens with zero attached hydrogens (tertiary/aromatic N) is 2. The van der Waals surface area contributed by atoms with Gasteiger partial charge < -0.3 is 9.13 Å². The zero-order valence-corrected chi connectivity index (χ0v) is 31.7. The van der Waals surface area contributed by atoms with Crippen molar-refractivity contribution in [3.05, 3.63) is 206 Å². The van der Waals surface area contributed by atoms with Crippen LogP contribution in [-0.4, -0.2) is 9.13 Å². The van der Waals surface area contributed by atoms with Gasteiger partial charge in [0, 0.05) is 37.0 Å². The van der Waals surface area contributed by atoms with Gasteiger partial charge in [0.15, 0.2) is 0 Å². The second-order valence-electron chi connectivity index (χ2n) is 14.9. The smallest absolute Gasteiger partial charge is 0.0688 e. The Bertz CT molecular complexity index is 3310. The minimum atomic E-state index is 1.15. The third-order valence-corrected chi connectivity index (χ3v) is 12.7. The molecule has 1 aliphatic rings. The zero-order valence-electron chi connectivity index (χ0n) is 30.9. The lowest BCUT2D eigenvalue weighted by Gasteiger charge is -2.20. The van der Waals surface area contributed by atoms with Crippen LogP contribution < -0.4 is 0 Å². The molecule has 0 bridgehead atoms. The van der Waals surface area contributed by atoms with E-state index in [4.69, 9.17) is 0 Å². The predicted molar refractivity (Wildman–Crippen MR) is 241 cm³/mol. The van der Waals surface area contributed by atoms with Crippen molar-refractivity contribution >= 4 is 55.4 Å². The Hall–Kier alpha value is -7.07. The molecule has 2 nitrogen and oxygen atoms in total. The molecule has 9 aromatic carbocycles. The lowest BCUT2D eigenvalue weighted by molar-refractivity contribution is 1.09. The van der Waals surface area contributed by atoms with Crippen LogP contribution in [0.3, 0.4) is 0 Å². The van der Waals surface area contributed by atoms with Gasteiger partial charge in [0.25, 0.3) is 0 Å². The maximum absolute atomic E-state index is 2.49. The number of hydrogen-bond donors (Lipinski definition) is 0. The first-order valence-electron chi connectivity index (χ1n) is 19.5. The van der Waals surface area contributed by atoms with Crippen LogP contribution in [0.25, 0.3) is 99.5 Å². The second kappa shape index (κ2) is 12.7. The SMILES string of the molecule is c1ccc(-c2cc(-c3ccccc3)cc(-c3cccc(-c4cccc(-n5c6ccccc6c6c7c8ccccc8n8c7c(cc65)Sc5ccccc5-8)c4)c3)c2)cc1. The Balaban J connectivity index is 1.04. The molecule has 2 aromatic heterocycles. The number of aromatic nitrogens is 2. The molecule has 0 radical (unpaired) electrons. The fourth-order valence-electron chi connectivity index (χ4n) is 9.12. The highest BCUT2D eigenvalue weighted by Gasteiger charge is 2.27. The van der Waals surface area contributed by atoms with E-state index in [1.54, 1.807) is 0 Å². The first kappa shape index (κ1) is 32.2. The molecular weight excluding hydrogens is 709 g/mol. The summed E-state index contributed by atoms with van der Waals surface area (Å²) in [6.45, 7) is 0. The number of hydrogen-bond acceptors (Lipinski definition) is 1. The van der Waals surface area contributed by atoms with Crippen LogP contribution in [0.15, 0.2) is 216 Å². The van der Waals surface area contributed by atoms with Gasteiger partial charge in [0.05, 0.1) is 27.8 Å². The highest BCUT2D eigenvalue weighted by Crippen LogP contribution is 2.51. The summed E-state index contributed by atoms with van der Waals surface area (Å²) in [5.74, 6) is 0. The lowest BCUT2D eigenvalue weighted by Crippen LogP contribution is -2.01. The van der Waals surface area contributed by atoms with Crippen LogP contribution in [-0.2, 0) is 0 Å². The Morgan fingerprint density at radius 3 is 1.49 bits per heavy atom. The van der Waals surface area contributed by atoms with Crippen LogP contribution in [0.4, 0.5) is 0 Å². The largest absolute Gasteiger partial charge is 0.309 e. The molecule has 12 rings (SSSR count). The van der Waals surface area contributed by atoms with Crippen molar-refractivity contribution < 1.29 is 0 Å². The molecular formula is C54H34N2S. The van der Waals surface area contributed by atoms with E-state index >= 15 is 0 Å². The van der Waals surface area contributed by atoms with Gasteiger partial charge in [-0.25, -0.2) is 0 Å². The van der Waals surface area contributed by atoms with Gasteiger partial charge in [-0.3, -0.25) is 0 Å². The van der Waals surface area contributed by atoms with E-state index in [0.29, 0.717) is 0 Å². The van der Waals surface area contributed by atoms with Gasteiger partial charge in [0.2, 0.25) is 0 Å². The Morgan fingerprint density at radius 2 is 0.789 bits per heavy atom. The predicted octanol–water partition coefficient (Wildman–Crippen LogP) is 15.0. The first-order chi connectivity index (χ1) is 28.3. The highest BCUT2D eigenvalue weighted by molar-refractivity contribution is 7.99. The topological polar surface area (TPSA) is 9.86 Å². The highest BCUT2D eigenvalue weighted by atomic mass is 32.2. The van der Waals surface area contributed by atoms with E-state index in [1.165, 1.54) is 104 Å². The summed E-state index contributed by atoms with van der Waals surface area (Å²) in [4.78, 5) is 2.56. The summed E-state index contributed by atoms with van der Waals surface area (Å²) < 4.78 is 4.97. The van der Waals surface area contributed by atoms with E-state index in [0.717, 1.165) is 5.69 Å². The van der Waals surface area contributed by atoms with Gasteiger partial charge >= 0.3 is 0 Å². The molecule has 3 heteroatoms. The molecule has 0 amide bonds. The van der Waals surface area contributed by atoms with E-state index in [1.807, 2.05) is 11.8 Å². The molecule has 3 heterocycles. The zero-order chi connectivity index (χ0) is 37.5. The molecule has 0 fully saturated rings. The molecule has 0 unspecified atom stereocenters. The van der Waals surface area contributed by atoms with Gasteiger partial charge in [-0.15, -0.1) is 0 Å². The van der Waals surface area contributed by atoms with Crippen LogP contribution in [0.1, 0.15) is 0 Å². The maximum Gasteiger partial charge on any atom is 0.0688 e. The molecule has 0 atom stereocenters. The normalized spacial score (nSPS) is 12.1. The Morgan fingerprint density at radius 1 is 0.298 bits per heavy atom. The minimum Gasteiger partial charge on any atom is -0.309 e. The minimum absolute atomic E-state index is 1.15. The monoisotopic (exact) mass is 742 g/mol. The summed E-state index contributed by atoms with van der Waals surface area (Å²) in [6.07, 6.45) is 0. The fraction of sp³-hybridized carbons (Fsp3) is 0. The van der Waals surface area contributed by atoms with Crippen molar-refractivity contribution in [2.75, 3.05) is 0 Å². The van der Waals surface area contributed by atoms with Crippen molar-refractivity contribution in [1.29, 1.82) is 0 Å². The Kier molecular flexibility index (Phi) is 7.20. The van der Waals surface area contributed by atoms with Crippen LogP contribution >= 0.6 is 11.8 Å². The fourth-order valence-corrected chi connectivity index (χ4v) is 10.2. The molecule has 57 heavy (non-hydrogen) atoms.